The first-order valence-electron chi connectivity index (χ1n) is 12.8. The number of rotatable bonds is 5. The molecule has 0 bridgehead atoms. The van der Waals surface area contributed by atoms with E-state index in [1.807, 2.05) is 48.5 Å². The van der Waals surface area contributed by atoms with Gasteiger partial charge in [-0.25, -0.2) is 0 Å². The van der Waals surface area contributed by atoms with Gasteiger partial charge in [0.1, 0.15) is 12.4 Å². The van der Waals surface area contributed by atoms with Crippen molar-refractivity contribution in [3.63, 3.8) is 0 Å². The molecule has 1 N–H and O–H groups in total. The summed E-state index contributed by atoms with van der Waals surface area (Å²) >= 11 is 6.09. The van der Waals surface area contributed by atoms with Crippen LogP contribution in [0.4, 0.5) is 0 Å². The number of aromatic nitrogens is 1. The van der Waals surface area contributed by atoms with Gasteiger partial charge in [0.25, 0.3) is 0 Å². The monoisotopic (exact) mass is 516 g/mol. The topological polar surface area (TPSA) is 62.7 Å². The molecule has 6 heteroatoms. The number of Topliss-reactive ketones (excluding diaryl/α,β-unsaturated/α-hetero) is 1. The molecule has 3 aromatic rings. The van der Waals surface area contributed by atoms with Gasteiger partial charge < -0.3 is 14.7 Å². The van der Waals surface area contributed by atoms with Crippen LogP contribution < -0.4 is 4.74 Å². The molecule has 3 heterocycles. The maximum absolute atomic E-state index is 12.1. The molecule has 1 aromatic heterocycles. The maximum atomic E-state index is 12.1. The standard InChI is InChI=1S/C31H33ClN2O3/c1-21(35)22-8-13-29-27(18-22)25(26-6-4-15-33-28(26)19-37-29)7-5-16-34-17-14-31(36,30(2,3)20-34)23-9-11-24(32)12-10-23/h4,6-13,15,18,36H,5,14,16-17,19-20H2,1-3H3/t31-/m0/s1. The predicted octanol–water partition coefficient (Wildman–Crippen LogP) is 6.27. The summed E-state index contributed by atoms with van der Waals surface area (Å²) in [7, 11) is 0. The van der Waals surface area contributed by atoms with Crippen LogP contribution in [0.3, 0.4) is 0 Å². The Hall–Kier alpha value is -2.99. The van der Waals surface area contributed by atoms with E-state index < -0.39 is 5.60 Å². The van der Waals surface area contributed by atoms with Crippen LogP contribution >= 0.6 is 11.6 Å². The first-order chi connectivity index (χ1) is 17.7. The highest BCUT2D eigenvalue weighted by molar-refractivity contribution is 6.30. The summed E-state index contributed by atoms with van der Waals surface area (Å²) in [5.74, 6) is 0.794. The normalized spacial score (nSPS) is 22.0. The number of likely N-dealkylation sites (tertiary alicyclic amines) is 1. The maximum Gasteiger partial charge on any atom is 0.159 e. The minimum Gasteiger partial charge on any atom is -0.487 e. The van der Waals surface area contributed by atoms with Crippen LogP contribution in [0.5, 0.6) is 5.75 Å². The van der Waals surface area contributed by atoms with Crippen molar-refractivity contribution in [2.75, 3.05) is 19.6 Å². The van der Waals surface area contributed by atoms with Crippen molar-refractivity contribution >= 4 is 23.0 Å². The first-order valence-corrected chi connectivity index (χ1v) is 13.2. The van der Waals surface area contributed by atoms with Crippen LogP contribution in [-0.4, -0.2) is 40.4 Å². The molecule has 1 saturated heterocycles. The van der Waals surface area contributed by atoms with Gasteiger partial charge in [0.05, 0.1) is 11.3 Å². The second-order valence-corrected chi connectivity index (χ2v) is 11.2. The lowest BCUT2D eigenvalue weighted by Gasteiger charge is -2.50. The fraction of sp³-hybridized carbons (Fsp3) is 0.355. The minimum absolute atomic E-state index is 0.0292. The molecule has 2 aromatic carbocycles. The molecule has 192 valence electrons. The van der Waals surface area contributed by atoms with Crippen LogP contribution in [0.2, 0.25) is 5.02 Å². The van der Waals surface area contributed by atoms with Gasteiger partial charge in [-0.05, 0) is 67.3 Å². The molecule has 1 atom stereocenters. The van der Waals surface area contributed by atoms with Crippen LogP contribution in [-0.2, 0) is 12.2 Å². The van der Waals surface area contributed by atoms with Crippen molar-refractivity contribution in [1.82, 2.24) is 9.88 Å². The zero-order valence-corrected chi connectivity index (χ0v) is 22.4. The van der Waals surface area contributed by atoms with Crippen molar-refractivity contribution in [3.8, 4) is 5.75 Å². The van der Waals surface area contributed by atoms with Crippen LogP contribution in [0.15, 0.2) is 66.9 Å². The van der Waals surface area contributed by atoms with E-state index in [1.165, 1.54) is 0 Å². The number of ether oxygens (including phenoxy) is 1. The first kappa shape index (κ1) is 25.7. The van der Waals surface area contributed by atoms with E-state index in [1.54, 1.807) is 13.1 Å². The van der Waals surface area contributed by atoms with Crippen molar-refractivity contribution in [3.05, 3.63) is 99.8 Å². The largest absolute Gasteiger partial charge is 0.487 e. The number of nitrogens with zero attached hydrogens (tertiary/aromatic N) is 2. The summed E-state index contributed by atoms with van der Waals surface area (Å²) in [5.41, 5.74) is 4.26. The zero-order chi connectivity index (χ0) is 26.2. The summed E-state index contributed by atoms with van der Waals surface area (Å²) in [6.07, 6.45) is 5.51. The highest BCUT2D eigenvalue weighted by Crippen LogP contribution is 2.46. The van der Waals surface area contributed by atoms with Crippen LogP contribution in [0.1, 0.15) is 66.4 Å². The van der Waals surface area contributed by atoms with Crippen molar-refractivity contribution in [2.45, 2.75) is 45.8 Å². The number of hydrogen-bond acceptors (Lipinski definition) is 5. The van der Waals surface area contributed by atoms with Crippen LogP contribution in [0, 0.1) is 5.41 Å². The second kappa shape index (κ2) is 10.1. The summed E-state index contributed by atoms with van der Waals surface area (Å²) in [5, 5.41) is 12.4. The Kier molecular flexibility index (Phi) is 6.97. The summed E-state index contributed by atoms with van der Waals surface area (Å²) in [6.45, 7) is 8.69. The second-order valence-electron chi connectivity index (χ2n) is 10.7. The number of carbonyl (C=O) groups is 1. The average Bonchev–Trinajstić information content (AvgIpc) is 3.03. The average molecular weight is 517 g/mol. The van der Waals surface area contributed by atoms with Gasteiger partial charge in [-0.15, -0.1) is 0 Å². The van der Waals surface area contributed by atoms with E-state index in [2.05, 4.69) is 35.9 Å². The number of benzene rings is 2. The quantitative estimate of drug-likeness (QED) is 0.405. The van der Waals surface area contributed by atoms with E-state index in [4.69, 9.17) is 16.3 Å². The lowest BCUT2D eigenvalue weighted by Crippen LogP contribution is -2.55. The number of hydrogen-bond donors (Lipinski definition) is 1. The third-order valence-corrected chi connectivity index (χ3v) is 8.12. The van der Waals surface area contributed by atoms with E-state index in [-0.39, 0.29) is 11.2 Å². The van der Waals surface area contributed by atoms with Gasteiger partial charge in [-0.1, -0.05) is 49.7 Å². The number of pyridine rings is 1. The smallest absolute Gasteiger partial charge is 0.159 e. The van der Waals surface area contributed by atoms with Crippen molar-refractivity contribution in [2.24, 2.45) is 5.41 Å². The van der Waals surface area contributed by atoms with E-state index in [9.17, 15) is 9.90 Å². The lowest BCUT2D eigenvalue weighted by atomic mass is 9.66. The predicted molar refractivity (Wildman–Crippen MR) is 147 cm³/mol. The highest BCUT2D eigenvalue weighted by Gasteiger charge is 2.48. The fourth-order valence-corrected chi connectivity index (χ4v) is 5.79. The lowest BCUT2D eigenvalue weighted by molar-refractivity contribution is -0.125. The third-order valence-electron chi connectivity index (χ3n) is 7.86. The van der Waals surface area contributed by atoms with Gasteiger partial charge in [0.15, 0.2) is 5.78 Å². The van der Waals surface area contributed by atoms with Crippen LogP contribution in [0.25, 0.3) is 5.57 Å². The van der Waals surface area contributed by atoms with E-state index >= 15 is 0 Å². The molecule has 5 rings (SSSR count). The number of halogens is 1. The fourth-order valence-electron chi connectivity index (χ4n) is 5.66. The van der Waals surface area contributed by atoms with Gasteiger partial charge in [0, 0.05) is 53.0 Å². The molecular weight excluding hydrogens is 484 g/mol. The highest BCUT2D eigenvalue weighted by atomic mass is 35.5. The van der Waals surface area contributed by atoms with Gasteiger partial charge in [-0.3, -0.25) is 9.78 Å². The SMILES string of the molecule is CC(=O)c1ccc2c(c1)C(=CCCN1CC[C@](O)(c3ccc(Cl)cc3)C(C)(C)C1)c1cccnc1CO2. The number of fused-ring (bicyclic) bond motifs is 2. The molecule has 0 aliphatic carbocycles. The molecule has 2 aliphatic rings. The Labute approximate surface area is 223 Å². The van der Waals surface area contributed by atoms with Crippen molar-refractivity contribution in [1.29, 1.82) is 0 Å². The Morgan fingerprint density at radius 3 is 2.68 bits per heavy atom. The van der Waals surface area contributed by atoms with Gasteiger partial charge in [0.2, 0.25) is 0 Å². The van der Waals surface area contributed by atoms with Gasteiger partial charge >= 0.3 is 0 Å². The third kappa shape index (κ3) is 4.96. The molecule has 0 amide bonds. The molecule has 0 saturated carbocycles. The van der Waals surface area contributed by atoms with Crippen molar-refractivity contribution < 1.29 is 14.6 Å². The molecular formula is C31H33ClN2O3. The Morgan fingerprint density at radius 2 is 1.95 bits per heavy atom. The molecule has 2 aliphatic heterocycles. The van der Waals surface area contributed by atoms with Gasteiger partial charge in [-0.2, -0.15) is 0 Å². The number of aliphatic hydroxyl groups is 1. The minimum atomic E-state index is -0.905. The molecule has 5 nitrogen and oxygen atoms in total. The molecule has 0 spiro atoms. The number of carbonyl (C=O) groups excluding carboxylic acids is 1. The summed E-state index contributed by atoms with van der Waals surface area (Å²) in [6, 6.07) is 17.2. The molecule has 37 heavy (non-hydrogen) atoms. The number of ketones is 1. The summed E-state index contributed by atoms with van der Waals surface area (Å²) in [4.78, 5) is 19.1. The summed E-state index contributed by atoms with van der Waals surface area (Å²) < 4.78 is 6.07. The Balaban J connectivity index is 1.38. The molecule has 0 radical (unpaired) electrons. The molecule has 1 fully saturated rings. The van der Waals surface area contributed by atoms with E-state index in [0.717, 1.165) is 59.8 Å². The number of piperidine rings is 1. The Bertz CT molecular complexity index is 1350. The molecule has 0 unspecified atom stereocenters. The van der Waals surface area contributed by atoms with E-state index in [0.29, 0.717) is 23.6 Å². The zero-order valence-electron chi connectivity index (χ0n) is 21.6. The Morgan fingerprint density at radius 1 is 1.16 bits per heavy atom.